The van der Waals surface area contributed by atoms with Crippen molar-refractivity contribution in [3.8, 4) is 11.5 Å². The van der Waals surface area contributed by atoms with Gasteiger partial charge in [-0.3, -0.25) is 0 Å². The van der Waals surface area contributed by atoms with Crippen LogP contribution in [-0.2, 0) is 11.8 Å². The van der Waals surface area contributed by atoms with E-state index in [-0.39, 0.29) is 11.2 Å². The Kier molecular flexibility index (Phi) is 4.82. The second-order valence-electron chi connectivity index (χ2n) is 5.67. The normalized spacial score (nSPS) is 18.0. The van der Waals surface area contributed by atoms with Gasteiger partial charge in [-0.1, -0.05) is 37.8 Å². The SMILES string of the molecule is CCc1cc(OC)c(O)c(C2(CN)CCCCC2)c1Cl. The fourth-order valence-corrected chi connectivity index (χ4v) is 3.84. The zero-order valence-corrected chi connectivity index (χ0v) is 13.1. The highest BCUT2D eigenvalue weighted by Gasteiger charge is 2.38. The number of rotatable bonds is 4. The predicted molar refractivity (Wildman–Crippen MR) is 82.9 cm³/mol. The summed E-state index contributed by atoms with van der Waals surface area (Å²) in [6.45, 7) is 2.56. The molecule has 0 unspecified atom stereocenters. The van der Waals surface area contributed by atoms with Crippen LogP contribution in [0.15, 0.2) is 6.07 Å². The van der Waals surface area contributed by atoms with Gasteiger partial charge in [-0.2, -0.15) is 0 Å². The average molecular weight is 298 g/mol. The van der Waals surface area contributed by atoms with Crippen molar-refractivity contribution in [1.29, 1.82) is 0 Å². The van der Waals surface area contributed by atoms with Crippen molar-refractivity contribution in [2.75, 3.05) is 13.7 Å². The lowest BCUT2D eigenvalue weighted by Gasteiger charge is -2.38. The molecule has 0 aromatic heterocycles. The van der Waals surface area contributed by atoms with Gasteiger partial charge in [0, 0.05) is 17.5 Å². The van der Waals surface area contributed by atoms with Crippen LogP contribution in [0.4, 0.5) is 0 Å². The van der Waals surface area contributed by atoms with Crippen LogP contribution in [0.2, 0.25) is 5.02 Å². The Morgan fingerprint density at radius 3 is 2.50 bits per heavy atom. The van der Waals surface area contributed by atoms with Gasteiger partial charge >= 0.3 is 0 Å². The molecule has 3 nitrogen and oxygen atoms in total. The molecule has 1 saturated carbocycles. The third kappa shape index (κ3) is 2.49. The highest BCUT2D eigenvalue weighted by atomic mass is 35.5. The van der Waals surface area contributed by atoms with E-state index in [0.29, 0.717) is 17.3 Å². The second-order valence-corrected chi connectivity index (χ2v) is 6.05. The molecule has 0 aliphatic heterocycles. The number of phenolic OH excluding ortho intramolecular Hbond substituents is 1. The number of hydrogen-bond donors (Lipinski definition) is 2. The largest absolute Gasteiger partial charge is 0.504 e. The maximum atomic E-state index is 10.6. The summed E-state index contributed by atoms with van der Waals surface area (Å²) in [7, 11) is 1.57. The highest BCUT2D eigenvalue weighted by Crippen LogP contribution is 2.49. The first-order chi connectivity index (χ1) is 9.59. The summed E-state index contributed by atoms with van der Waals surface area (Å²) in [5.41, 5.74) is 7.68. The molecule has 4 heteroatoms. The van der Waals surface area contributed by atoms with Crippen molar-refractivity contribution < 1.29 is 9.84 Å². The van der Waals surface area contributed by atoms with E-state index in [1.165, 1.54) is 6.42 Å². The first kappa shape index (κ1) is 15.5. The molecule has 0 radical (unpaired) electrons. The maximum Gasteiger partial charge on any atom is 0.163 e. The predicted octanol–water partition coefficient (Wildman–Crippen LogP) is 3.78. The van der Waals surface area contributed by atoms with Crippen LogP contribution < -0.4 is 10.5 Å². The number of aryl methyl sites for hydroxylation is 1. The molecular formula is C16H24ClNO2. The van der Waals surface area contributed by atoms with Crippen LogP contribution in [0.3, 0.4) is 0 Å². The van der Waals surface area contributed by atoms with Crippen LogP contribution in [0.25, 0.3) is 0 Å². The maximum absolute atomic E-state index is 10.6. The Morgan fingerprint density at radius 2 is 2.00 bits per heavy atom. The molecule has 0 spiro atoms. The van der Waals surface area contributed by atoms with Crippen molar-refractivity contribution in [2.45, 2.75) is 50.9 Å². The van der Waals surface area contributed by atoms with Crippen LogP contribution in [0, 0.1) is 0 Å². The molecule has 0 amide bonds. The minimum atomic E-state index is -0.210. The standard InChI is InChI=1S/C16H24ClNO2/c1-3-11-9-12(20-2)15(19)13(14(11)17)16(10-18)7-5-4-6-8-16/h9,19H,3-8,10,18H2,1-2H3. The van der Waals surface area contributed by atoms with Crippen molar-refractivity contribution in [3.05, 3.63) is 22.2 Å². The number of phenols is 1. The van der Waals surface area contributed by atoms with Crippen LogP contribution in [0.1, 0.15) is 50.2 Å². The van der Waals surface area contributed by atoms with E-state index in [1.54, 1.807) is 7.11 Å². The summed E-state index contributed by atoms with van der Waals surface area (Å²) < 4.78 is 5.31. The van der Waals surface area contributed by atoms with Crippen molar-refractivity contribution in [3.63, 3.8) is 0 Å². The molecule has 20 heavy (non-hydrogen) atoms. The molecule has 1 aromatic carbocycles. The van der Waals surface area contributed by atoms with Gasteiger partial charge in [0.2, 0.25) is 0 Å². The minimum Gasteiger partial charge on any atom is -0.504 e. The van der Waals surface area contributed by atoms with E-state index in [9.17, 15) is 5.11 Å². The number of nitrogens with two attached hydrogens (primary N) is 1. The third-order valence-corrected chi connectivity index (χ3v) is 5.04. The van der Waals surface area contributed by atoms with Crippen molar-refractivity contribution in [2.24, 2.45) is 5.73 Å². The van der Waals surface area contributed by atoms with Gasteiger partial charge in [0.1, 0.15) is 0 Å². The van der Waals surface area contributed by atoms with Crippen molar-refractivity contribution in [1.82, 2.24) is 0 Å². The van der Waals surface area contributed by atoms with Gasteiger partial charge < -0.3 is 15.6 Å². The second kappa shape index (κ2) is 6.23. The van der Waals surface area contributed by atoms with Crippen molar-refractivity contribution >= 4 is 11.6 Å². The molecule has 112 valence electrons. The number of methoxy groups -OCH3 is 1. The van der Waals surface area contributed by atoms with Crippen LogP contribution in [0.5, 0.6) is 11.5 Å². The van der Waals surface area contributed by atoms with E-state index in [4.69, 9.17) is 22.1 Å². The highest BCUT2D eigenvalue weighted by molar-refractivity contribution is 6.32. The Labute approximate surface area is 126 Å². The topological polar surface area (TPSA) is 55.5 Å². The first-order valence-electron chi connectivity index (χ1n) is 7.38. The first-order valence-corrected chi connectivity index (χ1v) is 7.76. The van der Waals surface area contributed by atoms with Crippen LogP contribution >= 0.6 is 11.6 Å². The van der Waals surface area contributed by atoms with E-state index in [2.05, 4.69) is 6.92 Å². The molecule has 2 rings (SSSR count). The quantitative estimate of drug-likeness (QED) is 0.889. The molecule has 1 aromatic rings. The van der Waals surface area contributed by atoms with Gasteiger partial charge in [-0.15, -0.1) is 0 Å². The van der Waals surface area contributed by atoms with Gasteiger partial charge in [0.25, 0.3) is 0 Å². The summed E-state index contributed by atoms with van der Waals surface area (Å²) in [6, 6.07) is 1.83. The average Bonchev–Trinajstić information content (AvgIpc) is 2.48. The lowest BCUT2D eigenvalue weighted by Crippen LogP contribution is -2.37. The van der Waals surface area contributed by atoms with E-state index in [1.807, 2.05) is 6.07 Å². The summed E-state index contributed by atoms with van der Waals surface area (Å²) in [4.78, 5) is 0. The Morgan fingerprint density at radius 1 is 1.35 bits per heavy atom. The fourth-order valence-electron chi connectivity index (χ4n) is 3.36. The lowest BCUT2D eigenvalue weighted by atomic mass is 9.68. The molecule has 1 aliphatic carbocycles. The van der Waals surface area contributed by atoms with Gasteiger partial charge in [0.05, 0.1) is 12.1 Å². The molecule has 0 saturated heterocycles. The molecule has 0 heterocycles. The molecule has 1 aliphatic rings. The monoisotopic (exact) mass is 297 g/mol. The van der Waals surface area contributed by atoms with E-state index in [0.717, 1.165) is 43.2 Å². The Bertz CT molecular complexity index is 454. The molecule has 0 bridgehead atoms. The molecule has 0 atom stereocenters. The molecular weight excluding hydrogens is 274 g/mol. The number of halogens is 1. The minimum absolute atomic E-state index is 0.169. The summed E-state index contributed by atoms with van der Waals surface area (Å²) in [5, 5.41) is 11.2. The summed E-state index contributed by atoms with van der Waals surface area (Å²) >= 11 is 6.57. The fraction of sp³-hybridized carbons (Fsp3) is 0.625. The number of hydrogen-bond acceptors (Lipinski definition) is 3. The zero-order chi connectivity index (χ0) is 14.8. The summed E-state index contributed by atoms with van der Waals surface area (Å²) in [5.74, 6) is 0.668. The van der Waals surface area contributed by atoms with E-state index < -0.39 is 0 Å². The number of benzene rings is 1. The Hall–Kier alpha value is -0.930. The van der Waals surface area contributed by atoms with Gasteiger partial charge in [0.15, 0.2) is 11.5 Å². The number of ether oxygens (including phenoxy) is 1. The lowest BCUT2D eigenvalue weighted by molar-refractivity contribution is 0.285. The smallest absolute Gasteiger partial charge is 0.163 e. The summed E-state index contributed by atoms with van der Waals surface area (Å²) in [6.07, 6.45) is 6.26. The van der Waals surface area contributed by atoms with E-state index >= 15 is 0 Å². The van der Waals surface area contributed by atoms with Crippen LogP contribution in [-0.4, -0.2) is 18.8 Å². The molecule has 1 fully saturated rings. The number of aromatic hydroxyl groups is 1. The molecule has 3 N–H and O–H groups in total. The zero-order valence-electron chi connectivity index (χ0n) is 12.3. The van der Waals surface area contributed by atoms with Gasteiger partial charge in [-0.25, -0.2) is 0 Å². The van der Waals surface area contributed by atoms with Gasteiger partial charge in [-0.05, 0) is 30.9 Å². The Balaban J connectivity index is 2.64. The third-order valence-electron chi connectivity index (χ3n) is 4.61.